The summed E-state index contributed by atoms with van der Waals surface area (Å²) >= 11 is 15.1. The molecule has 1 amide bonds. The van der Waals surface area contributed by atoms with Crippen molar-refractivity contribution in [3.63, 3.8) is 0 Å². The minimum absolute atomic E-state index is 0.213. The molecular weight excluding hydrogens is 525 g/mol. The van der Waals surface area contributed by atoms with Crippen LogP contribution in [-0.4, -0.2) is 29.5 Å². The van der Waals surface area contributed by atoms with Gasteiger partial charge in [-0.2, -0.15) is 5.10 Å². The Bertz CT molecular complexity index is 1330. The number of rotatable bonds is 10. The van der Waals surface area contributed by atoms with Gasteiger partial charge in [0.1, 0.15) is 6.61 Å². The number of aromatic nitrogens is 1. The molecule has 1 aromatic heterocycles. The molecule has 0 aliphatic carbocycles. The summed E-state index contributed by atoms with van der Waals surface area (Å²) in [6, 6.07) is 18.6. The maximum absolute atomic E-state index is 12.2. The number of nitrogens with zero attached hydrogens (tertiary/aromatic N) is 2. The number of para-hydroxylation sites is 1. The van der Waals surface area contributed by atoms with E-state index < -0.39 is 0 Å². The number of thiazole rings is 1. The first-order chi connectivity index (χ1) is 17.0. The number of hydrogen-bond acceptors (Lipinski definition) is 7. The molecule has 4 aromatic rings. The van der Waals surface area contributed by atoms with Crippen LogP contribution in [0, 0.1) is 0 Å². The highest BCUT2D eigenvalue weighted by Gasteiger charge is 2.09. The highest BCUT2D eigenvalue weighted by atomic mass is 35.5. The summed E-state index contributed by atoms with van der Waals surface area (Å²) in [6.45, 7) is 2.63. The monoisotopic (exact) mass is 545 g/mol. The number of fused-ring (bicyclic) bond motifs is 1. The van der Waals surface area contributed by atoms with Crippen molar-refractivity contribution in [1.29, 1.82) is 0 Å². The van der Waals surface area contributed by atoms with E-state index in [4.69, 9.17) is 32.7 Å². The fourth-order valence-electron chi connectivity index (χ4n) is 3.04. The van der Waals surface area contributed by atoms with Gasteiger partial charge in [0, 0.05) is 15.6 Å². The average molecular weight is 547 g/mol. The first kappa shape index (κ1) is 25.3. The van der Waals surface area contributed by atoms with Crippen LogP contribution in [0.15, 0.2) is 70.1 Å². The predicted octanol–water partition coefficient (Wildman–Crippen LogP) is 6.82. The van der Waals surface area contributed by atoms with Crippen molar-refractivity contribution in [3.05, 3.63) is 81.8 Å². The average Bonchev–Trinajstić information content (AvgIpc) is 3.26. The van der Waals surface area contributed by atoms with Crippen molar-refractivity contribution in [2.45, 2.75) is 17.9 Å². The lowest BCUT2D eigenvalue weighted by Crippen LogP contribution is -2.19. The van der Waals surface area contributed by atoms with E-state index >= 15 is 0 Å². The Morgan fingerprint density at radius 3 is 2.77 bits per heavy atom. The molecule has 0 fully saturated rings. The Morgan fingerprint density at radius 1 is 1.11 bits per heavy atom. The molecule has 4 rings (SSSR count). The smallest absolute Gasteiger partial charge is 0.250 e. The molecule has 180 valence electrons. The van der Waals surface area contributed by atoms with E-state index in [0.29, 0.717) is 28.2 Å². The summed E-state index contributed by atoms with van der Waals surface area (Å²) in [5.74, 6) is 1.15. The normalized spacial score (nSPS) is 11.2. The molecule has 0 aliphatic rings. The largest absolute Gasteiger partial charge is 0.490 e. The first-order valence-corrected chi connectivity index (χ1v) is 13.2. The predicted molar refractivity (Wildman–Crippen MR) is 144 cm³/mol. The third-order valence-corrected chi connectivity index (χ3v) is 7.44. The zero-order valence-corrected chi connectivity index (χ0v) is 21.8. The van der Waals surface area contributed by atoms with Crippen LogP contribution in [0.5, 0.6) is 11.5 Å². The van der Waals surface area contributed by atoms with Crippen molar-refractivity contribution in [2.75, 3.05) is 12.4 Å². The SMILES string of the molecule is CCOc1cc(/C=N/NC(=O)CSc2nc3ccccc3s2)ccc1OCc1ccc(Cl)cc1Cl. The van der Waals surface area contributed by atoms with Gasteiger partial charge in [0.2, 0.25) is 0 Å². The fourth-order valence-corrected chi connectivity index (χ4v) is 5.36. The van der Waals surface area contributed by atoms with E-state index in [2.05, 4.69) is 15.5 Å². The Balaban J connectivity index is 1.32. The maximum atomic E-state index is 12.2. The van der Waals surface area contributed by atoms with Gasteiger partial charge in [0.05, 0.1) is 28.8 Å². The third-order valence-electron chi connectivity index (χ3n) is 4.67. The zero-order valence-electron chi connectivity index (χ0n) is 18.7. The van der Waals surface area contributed by atoms with Gasteiger partial charge in [-0.05, 0) is 55.0 Å². The van der Waals surface area contributed by atoms with Gasteiger partial charge < -0.3 is 9.47 Å². The van der Waals surface area contributed by atoms with E-state index in [9.17, 15) is 4.79 Å². The van der Waals surface area contributed by atoms with Gasteiger partial charge in [-0.25, -0.2) is 10.4 Å². The number of nitrogens with one attached hydrogen (secondary N) is 1. The molecule has 0 atom stereocenters. The lowest BCUT2D eigenvalue weighted by molar-refractivity contribution is -0.118. The van der Waals surface area contributed by atoms with E-state index in [1.807, 2.05) is 43.3 Å². The quantitative estimate of drug-likeness (QED) is 0.134. The van der Waals surface area contributed by atoms with Crippen LogP contribution in [0.25, 0.3) is 10.2 Å². The van der Waals surface area contributed by atoms with Crippen LogP contribution in [-0.2, 0) is 11.4 Å². The number of hydrogen-bond donors (Lipinski definition) is 1. The second-order valence-electron chi connectivity index (χ2n) is 7.19. The van der Waals surface area contributed by atoms with Crippen molar-refractivity contribution < 1.29 is 14.3 Å². The van der Waals surface area contributed by atoms with E-state index in [1.54, 1.807) is 41.8 Å². The van der Waals surface area contributed by atoms with Crippen LogP contribution in [0.3, 0.4) is 0 Å². The van der Waals surface area contributed by atoms with Crippen LogP contribution >= 0.6 is 46.3 Å². The summed E-state index contributed by atoms with van der Waals surface area (Å²) in [4.78, 5) is 16.7. The number of ether oxygens (including phenoxy) is 2. The van der Waals surface area contributed by atoms with Gasteiger partial charge >= 0.3 is 0 Å². The van der Waals surface area contributed by atoms with Gasteiger partial charge in [-0.3, -0.25) is 4.79 Å². The second kappa shape index (κ2) is 12.3. The molecule has 0 bridgehead atoms. The molecule has 1 heterocycles. The van der Waals surface area contributed by atoms with Crippen molar-refractivity contribution in [3.8, 4) is 11.5 Å². The number of benzene rings is 3. The Morgan fingerprint density at radius 2 is 1.97 bits per heavy atom. The van der Waals surface area contributed by atoms with Gasteiger partial charge in [-0.15, -0.1) is 11.3 Å². The number of hydrazone groups is 1. The molecule has 3 aromatic carbocycles. The van der Waals surface area contributed by atoms with Gasteiger partial charge in [-0.1, -0.05) is 53.2 Å². The first-order valence-electron chi connectivity index (χ1n) is 10.7. The molecule has 0 radical (unpaired) electrons. The molecule has 0 aliphatic heterocycles. The Kier molecular flexibility index (Phi) is 8.87. The maximum Gasteiger partial charge on any atom is 0.250 e. The molecule has 10 heteroatoms. The summed E-state index contributed by atoms with van der Waals surface area (Å²) in [6.07, 6.45) is 1.56. The molecule has 0 spiro atoms. The summed E-state index contributed by atoms with van der Waals surface area (Å²) in [5.41, 5.74) is 5.05. The summed E-state index contributed by atoms with van der Waals surface area (Å²) < 4.78 is 13.6. The molecule has 0 unspecified atom stereocenters. The van der Waals surface area contributed by atoms with Crippen molar-refractivity contribution in [1.82, 2.24) is 10.4 Å². The number of carbonyl (C=O) groups excluding carboxylic acids is 1. The van der Waals surface area contributed by atoms with Crippen molar-refractivity contribution in [2.24, 2.45) is 5.10 Å². The molecule has 0 saturated heterocycles. The molecule has 35 heavy (non-hydrogen) atoms. The molecule has 1 N–H and O–H groups in total. The fraction of sp³-hybridized carbons (Fsp3) is 0.160. The Hall–Kier alpha value is -2.78. The van der Waals surface area contributed by atoms with E-state index in [-0.39, 0.29) is 18.3 Å². The van der Waals surface area contributed by atoms with Crippen LogP contribution in [0.4, 0.5) is 0 Å². The topological polar surface area (TPSA) is 72.8 Å². The zero-order chi connectivity index (χ0) is 24.6. The summed E-state index contributed by atoms with van der Waals surface area (Å²) in [7, 11) is 0. The van der Waals surface area contributed by atoms with E-state index in [1.165, 1.54) is 11.8 Å². The molecular formula is C25H21Cl2N3O3S2. The standard InChI is InChI=1S/C25H21Cl2N3O3S2/c1-2-32-22-11-16(7-10-21(22)33-14-17-8-9-18(26)12-19(17)27)13-28-30-24(31)15-34-25-29-20-5-3-4-6-23(20)35-25/h3-13H,2,14-15H2,1H3,(H,30,31)/b28-13+. The highest BCUT2D eigenvalue weighted by molar-refractivity contribution is 8.01. The van der Waals surface area contributed by atoms with Crippen LogP contribution in [0.1, 0.15) is 18.1 Å². The number of amides is 1. The minimum Gasteiger partial charge on any atom is -0.490 e. The minimum atomic E-state index is -0.213. The van der Waals surface area contributed by atoms with Crippen molar-refractivity contribution >= 4 is 68.6 Å². The lowest BCUT2D eigenvalue weighted by atomic mass is 10.2. The number of halogens is 2. The lowest BCUT2D eigenvalue weighted by Gasteiger charge is -2.13. The number of thioether (sulfide) groups is 1. The van der Waals surface area contributed by atoms with Gasteiger partial charge in [0.15, 0.2) is 15.8 Å². The van der Waals surface area contributed by atoms with Crippen LogP contribution in [0.2, 0.25) is 10.0 Å². The van der Waals surface area contributed by atoms with Gasteiger partial charge in [0.25, 0.3) is 5.91 Å². The number of carbonyl (C=O) groups is 1. The molecule has 0 saturated carbocycles. The summed E-state index contributed by atoms with van der Waals surface area (Å²) in [5, 5.41) is 5.17. The second-order valence-corrected chi connectivity index (χ2v) is 10.3. The highest BCUT2D eigenvalue weighted by Crippen LogP contribution is 2.31. The van der Waals surface area contributed by atoms with Crippen LogP contribution < -0.4 is 14.9 Å². The molecule has 6 nitrogen and oxygen atoms in total. The Labute approximate surface area is 221 Å². The van der Waals surface area contributed by atoms with E-state index in [0.717, 1.165) is 25.7 Å². The third kappa shape index (κ3) is 7.11.